The molecule has 2 rings (SSSR count). The summed E-state index contributed by atoms with van der Waals surface area (Å²) >= 11 is 1.79. The largest absolute Gasteiger partial charge is 0.384 e. The van der Waals surface area contributed by atoms with Gasteiger partial charge in [0.2, 0.25) is 0 Å². The number of hydrogen-bond donors (Lipinski definition) is 1. The summed E-state index contributed by atoms with van der Waals surface area (Å²) in [7, 11) is 0. The molecule has 0 unspecified atom stereocenters. The second kappa shape index (κ2) is 2.46. The third-order valence-electron chi connectivity index (χ3n) is 1.59. The van der Waals surface area contributed by atoms with Crippen molar-refractivity contribution in [3.05, 3.63) is 28.5 Å². The zero-order chi connectivity index (χ0) is 6.81. The van der Waals surface area contributed by atoms with Gasteiger partial charge in [-0.15, -0.1) is 11.3 Å². The Hall–Kier alpha value is -0.760. The molecule has 52 valence electrons. The fraction of sp³-hybridized carbons (Fsp3) is 0.250. The normalized spacial score (nSPS) is 16.6. The van der Waals surface area contributed by atoms with Crippen LogP contribution in [0.2, 0.25) is 0 Å². The molecular weight excluding hydrogens is 142 g/mol. The summed E-state index contributed by atoms with van der Waals surface area (Å²) in [4.78, 5) is 1.36. The van der Waals surface area contributed by atoms with Gasteiger partial charge in [-0.2, -0.15) is 0 Å². The summed E-state index contributed by atoms with van der Waals surface area (Å²) < 4.78 is 0. The lowest BCUT2D eigenvalue weighted by Gasteiger charge is -1.97. The lowest BCUT2D eigenvalue weighted by molar-refractivity contribution is 0.930. The Morgan fingerprint density at radius 2 is 2.50 bits per heavy atom. The van der Waals surface area contributed by atoms with Crippen molar-refractivity contribution < 1.29 is 0 Å². The molecule has 0 fully saturated rings. The van der Waals surface area contributed by atoms with Gasteiger partial charge in [0.1, 0.15) is 0 Å². The summed E-state index contributed by atoms with van der Waals surface area (Å²) in [6.45, 7) is 1.10. The van der Waals surface area contributed by atoms with Crippen molar-refractivity contribution in [3.8, 4) is 0 Å². The molecule has 1 aromatic rings. The van der Waals surface area contributed by atoms with Crippen molar-refractivity contribution in [2.24, 2.45) is 0 Å². The van der Waals surface area contributed by atoms with Gasteiger partial charge in [-0.1, -0.05) is 12.1 Å². The molecule has 0 amide bonds. The van der Waals surface area contributed by atoms with Crippen LogP contribution >= 0.6 is 11.3 Å². The molecule has 1 N–H and O–H groups in total. The molecule has 0 aliphatic carbocycles. The molecule has 0 atom stereocenters. The topological polar surface area (TPSA) is 12.0 Å². The summed E-state index contributed by atoms with van der Waals surface area (Å²) in [6, 6.07) is 4.23. The van der Waals surface area contributed by atoms with Gasteiger partial charge in [0.15, 0.2) is 0 Å². The number of rotatable bonds is 1. The van der Waals surface area contributed by atoms with Crippen molar-refractivity contribution in [2.45, 2.75) is 6.42 Å². The Morgan fingerprint density at radius 1 is 1.50 bits per heavy atom. The van der Waals surface area contributed by atoms with Crippen LogP contribution in [-0.4, -0.2) is 6.54 Å². The van der Waals surface area contributed by atoms with Crippen LogP contribution in [0.25, 0.3) is 5.70 Å². The van der Waals surface area contributed by atoms with Crippen molar-refractivity contribution in [1.29, 1.82) is 0 Å². The summed E-state index contributed by atoms with van der Waals surface area (Å²) in [5.74, 6) is 0. The van der Waals surface area contributed by atoms with E-state index < -0.39 is 0 Å². The average Bonchev–Trinajstić information content (AvgIpc) is 2.59. The fourth-order valence-corrected chi connectivity index (χ4v) is 1.86. The molecule has 10 heavy (non-hydrogen) atoms. The van der Waals surface area contributed by atoms with E-state index in [1.54, 1.807) is 11.3 Å². The highest BCUT2D eigenvalue weighted by molar-refractivity contribution is 7.11. The Morgan fingerprint density at radius 3 is 3.10 bits per heavy atom. The third-order valence-corrected chi connectivity index (χ3v) is 2.50. The quantitative estimate of drug-likeness (QED) is 0.648. The second-order valence-electron chi connectivity index (χ2n) is 2.31. The first-order valence-electron chi connectivity index (χ1n) is 3.45. The Kier molecular flexibility index (Phi) is 1.47. The minimum Gasteiger partial charge on any atom is -0.384 e. The highest BCUT2D eigenvalue weighted by Crippen LogP contribution is 2.20. The van der Waals surface area contributed by atoms with Gasteiger partial charge in [0.25, 0.3) is 0 Å². The van der Waals surface area contributed by atoms with Crippen LogP contribution in [0.15, 0.2) is 23.6 Å². The predicted octanol–water partition coefficient (Wildman–Crippen LogP) is 2.08. The highest BCUT2D eigenvalue weighted by atomic mass is 32.1. The Labute approximate surface area is 64.4 Å². The van der Waals surface area contributed by atoms with Gasteiger partial charge in [0, 0.05) is 17.1 Å². The number of hydrogen-bond acceptors (Lipinski definition) is 2. The zero-order valence-electron chi connectivity index (χ0n) is 5.63. The molecule has 0 saturated carbocycles. The van der Waals surface area contributed by atoms with Crippen LogP contribution in [0.3, 0.4) is 0 Å². The van der Waals surface area contributed by atoms with Gasteiger partial charge in [-0.25, -0.2) is 0 Å². The Bertz CT molecular complexity index is 236. The first-order chi connectivity index (χ1) is 4.97. The zero-order valence-corrected chi connectivity index (χ0v) is 6.45. The van der Waals surface area contributed by atoms with Crippen LogP contribution in [-0.2, 0) is 0 Å². The maximum absolute atomic E-state index is 3.33. The molecule has 1 aromatic heterocycles. The van der Waals surface area contributed by atoms with E-state index in [0.29, 0.717) is 0 Å². The maximum Gasteiger partial charge on any atom is 0.0498 e. The molecule has 0 saturated heterocycles. The van der Waals surface area contributed by atoms with Crippen LogP contribution in [0, 0.1) is 0 Å². The van der Waals surface area contributed by atoms with E-state index in [-0.39, 0.29) is 0 Å². The first kappa shape index (κ1) is 5.98. The lowest BCUT2D eigenvalue weighted by atomic mass is 10.3. The van der Waals surface area contributed by atoms with E-state index in [2.05, 4.69) is 28.9 Å². The van der Waals surface area contributed by atoms with Gasteiger partial charge in [-0.3, -0.25) is 0 Å². The first-order valence-corrected chi connectivity index (χ1v) is 4.33. The SMILES string of the molecule is C1=C(c2cccs2)NCC1. The van der Waals surface area contributed by atoms with Crippen molar-refractivity contribution in [2.75, 3.05) is 6.54 Å². The summed E-state index contributed by atoms with van der Waals surface area (Å²) in [5, 5.41) is 5.44. The van der Waals surface area contributed by atoms with E-state index in [4.69, 9.17) is 0 Å². The van der Waals surface area contributed by atoms with E-state index in [1.165, 1.54) is 17.0 Å². The fourth-order valence-electron chi connectivity index (χ4n) is 1.12. The van der Waals surface area contributed by atoms with E-state index in [1.807, 2.05) is 0 Å². The molecule has 2 heterocycles. The molecule has 2 heteroatoms. The number of nitrogens with one attached hydrogen (secondary N) is 1. The minimum absolute atomic E-state index is 1.10. The smallest absolute Gasteiger partial charge is 0.0498 e. The molecular formula is C8H9NS. The molecule has 1 nitrogen and oxygen atoms in total. The number of thiophene rings is 1. The predicted molar refractivity (Wildman–Crippen MR) is 44.9 cm³/mol. The molecule has 0 bridgehead atoms. The average molecular weight is 151 g/mol. The van der Waals surface area contributed by atoms with E-state index in [0.717, 1.165) is 6.54 Å². The minimum atomic E-state index is 1.10. The van der Waals surface area contributed by atoms with E-state index >= 15 is 0 Å². The summed E-state index contributed by atoms with van der Waals surface area (Å²) in [6.07, 6.45) is 3.43. The Balaban J connectivity index is 2.28. The van der Waals surface area contributed by atoms with Gasteiger partial charge in [-0.05, 0) is 17.9 Å². The maximum atomic E-state index is 3.33. The van der Waals surface area contributed by atoms with Crippen LogP contribution in [0.1, 0.15) is 11.3 Å². The monoisotopic (exact) mass is 151 g/mol. The van der Waals surface area contributed by atoms with Gasteiger partial charge < -0.3 is 5.32 Å². The summed E-state index contributed by atoms with van der Waals surface area (Å²) in [5.41, 5.74) is 1.31. The molecule has 0 radical (unpaired) electrons. The lowest BCUT2D eigenvalue weighted by Crippen LogP contribution is -2.04. The molecule has 0 aromatic carbocycles. The van der Waals surface area contributed by atoms with Crippen molar-refractivity contribution in [1.82, 2.24) is 5.32 Å². The van der Waals surface area contributed by atoms with Gasteiger partial charge in [0.05, 0.1) is 0 Å². The van der Waals surface area contributed by atoms with Crippen LogP contribution < -0.4 is 5.32 Å². The molecule has 1 aliphatic rings. The standard InChI is InChI=1S/C8H9NS/c1-3-7(9-5-1)8-4-2-6-10-8/h2-4,6,9H,1,5H2. The van der Waals surface area contributed by atoms with Crippen molar-refractivity contribution >= 4 is 17.0 Å². The second-order valence-corrected chi connectivity index (χ2v) is 3.26. The van der Waals surface area contributed by atoms with Crippen LogP contribution in [0.5, 0.6) is 0 Å². The third kappa shape index (κ3) is 0.948. The molecule has 1 aliphatic heterocycles. The van der Waals surface area contributed by atoms with Crippen molar-refractivity contribution in [3.63, 3.8) is 0 Å². The van der Waals surface area contributed by atoms with E-state index in [9.17, 15) is 0 Å². The van der Waals surface area contributed by atoms with Crippen LogP contribution in [0.4, 0.5) is 0 Å². The molecule has 0 spiro atoms. The van der Waals surface area contributed by atoms with Gasteiger partial charge >= 0.3 is 0 Å². The highest BCUT2D eigenvalue weighted by Gasteiger charge is 2.04.